The molecule has 0 radical (unpaired) electrons. The zero-order chi connectivity index (χ0) is 18.1. The van der Waals surface area contributed by atoms with Crippen LogP contribution in [0.5, 0.6) is 5.75 Å². The van der Waals surface area contributed by atoms with Gasteiger partial charge in [0.1, 0.15) is 12.4 Å². The lowest BCUT2D eigenvalue weighted by molar-refractivity contribution is 0.358. The fourth-order valence-corrected chi connectivity index (χ4v) is 4.11. The zero-order valence-corrected chi connectivity index (χ0v) is 18.1. The first-order valence-electron chi connectivity index (χ1n) is 8.31. The van der Waals surface area contributed by atoms with Crippen molar-refractivity contribution in [2.75, 3.05) is 39.0 Å². The van der Waals surface area contributed by atoms with Crippen LogP contribution in [0.4, 0.5) is 0 Å². The molecule has 0 saturated carbocycles. The standard InChI is InChI=1S/C17H26N4O3S.HI/c1-3-12-24-16-8-5-4-7-15(16)14-20-17(18-2)19-9-11-21-10-6-13-25(21,22)23;/h3-5,7-8H,1,6,9-14H2,2H3,(H2,18,19,20);1H. The second-order valence-electron chi connectivity index (χ2n) is 5.63. The lowest BCUT2D eigenvalue weighted by Crippen LogP contribution is -2.41. The molecule has 146 valence electrons. The predicted octanol–water partition coefficient (Wildman–Crippen LogP) is 1.57. The Bertz CT molecular complexity index is 710. The highest BCUT2D eigenvalue weighted by Crippen LogP contribution is 2.17. The quantitative estimate of drug-likeness (QED) is 0.248. The minimum Gasteiger partial charge on any atom is -0.489 e. The number of aliphatic imine (C=N–C) groups is 1. The number of nitrogens with zero attached hydrogens (tertiary/aromatic N) is 2. The highest BCUT2D eigenvalue weighted by atomic mass is 127. The highest BCUT2D eigenvalue weighted by molar-refractivity contribution is 14.0. The van der Waals surface area contributed by atoms with Crippen LogP contribution >= 0.6 is 24.0 Å². The topological polar surface area (TPSA) is 83.0 Å². The first kappa shape index (κ1) is 22.7. The molecule has 0 aromatic heterocycles. The van der Waals surface area contributed by atoms with E-state index in [2.05, 4.69) is 22.2 Å². The third-order valence-corrected chi connectivity index (χ3v) is 5.81. The third kappa shape index (κ3) is 6.76. The minimum absolute atomic E-state index is 0. The molecule has 0 unspecified atom stereocenters. The predicted molar refractivity (Wildman–Crippen MR) is 116 cm³/mol. The molecule has 1 aromatic rings. The van der Waals surface area contributed by atoms with Crippen molar-refractivity contribution in [1.82, 2.24) is 14.9 Å². The van der Waals surface area contributed by atoms with E-state index < -0.39 is 10.0 Å². The smallest absolute Gasteiger partial charge is 0.214 e. The van der Waals surface area contributed by atoms with Gasteiger partial charge in [0.2, 0.25) is 10.0 Å². The van der Waals surface area contributed by atoms with E-state index in [1.54, 1.807) is 13.1 Å². The van der Waals surface area contributed by atoms with E-state index in [9.17, 15) is 8.42 Å². The molecule has 2 N–H and O–H groups in total. The first-order valence-corrected chi connectivity index (χ1v) is 9.91. The van der Waals surface area contributed by atoms with Gasteiger partial charge in [-0.05, 0) is 12.5 Å². The van der Waals surface area contributed by atoms with Crippen LogP contribution in [-0.2, 0) is 16.6 Å². The van der Waals surface area contributed by atoms with Crippen LogP contribution in [-0.4, -0.2) is 57.7 Å². The van der Waals surface area contributed by atoms with Crippen molar-refractivity contribution in [3.63, 3.8) is 0 Å². The number of hydrogen-bond acceptors (Lipinski definition) is 4. The molecule has 2 rings (SSSR count). The van der Waals surface area contributed by atoms with Crippen molar-refractivity contribution in [2.45, 2.75) is 13.0 Å². The molecular weight excluding hydrogens is 467 g/mol. The number of rotatable bonds is 8. The number of halogens is 1. The Kier molecular flexibility index (Phi) is 9.96. The van der Waals surface area contributed by atoms with Crippen molar-refractivity contribution in [3.8, 4) is 5.75 Å². The zero-order valence-electron chi connectivity index (χ0n) is 15.0. The number of benzene rings is 1. The number of sulfonamides is 1. The summed E-state index contributed by atoms with van der Waals surface area (Å²) in [5.41, 5.74) is 1.01. The minimum atomic E-state index is -3.05. The highest BCUT2D eigenvalue weighted by Gasteiger charge is 2.27. The Morgan fingerprint density at radius 3 is 2.81 bits per heavy atom. The summed E-state index contributed by atoms with van der Waals surface area (Å²) >= 11 is 0. The molecule has 0 spiro atoms. The van der Waals surface area contributed by atoms with E-state index in [4.69, 9.17) is 4.74 Å². The number of hydrogen-bond donors (Lipinski definition) is 2. The average Bonchev–Trinajstić information content (AvgIpc) is 2.95. The van der Waals surface area contributed by atoms with Gasteiger partial charge >= 0.3 is 0 Å². The van der Waals surface area contributed by atoms with Gasteiger partial charge in [0.25, 0.3) is 0 Å². The van der Waals surface area contributed by atoms with Crippen LogP contribution < -0.4 is 15.4 Å². The van der Waals surface area contributed by atoms with Crippen LogP contribution in [0.15, 0.2) is 41.9 Å². The van der Waals surface area contributed by atoms with Gasteiger partial charge in [-0.2, -0.15) is 0 Å². The molecule has 1 heterocycles. The summed E-state index contributed by atoms with van der Waals surface area (Å²) in [5.74, 6) is 1.67. The summed E-state index contributed by atoms with van der Waals surface area (Å²) in [7, 11) is -1.37. The molecule has 1 aliphatic heterocycles. The molecular formula is C17H27IN4O3S. The molecule has 1 saturated heterocycles. The van der Waals surface area contributed by atoms with Crippen LogP contribution in [0.2, 0.25) is 0 Å². The van der Waals surface area contributed by atoms with Gasteiger partial charge in [0.05, 0.1) is 5.75 Å². The van der Waals surface area contributed by atoms with Gasteiger partial charge in [-0.3, -0.25) is 4.99 Å². The van der Waals surface area contributed by atoms with Crippen LogP contribution in [0.3, 0.4) is 0 Å². The summed E-state index contributed by atoms with van der Waals surface area (Å²) in [6.07, 6.45) is 2.41. The van der Waals surface area contributed by atoms with Gasteiger partial charge in [0, 0.05) is 38.8 Å². The second kappa shape index (κ2) is 11.4. The largest absolute Gasteiger partial charge is 0.489 e. The van der Waals surface area contributed by atoms with E-state index in [0.29, 0.717) is 45.2 Å². The molecule has 0 amide bonds. The first-order chi connectivity index (χ1) is 12.1. The molecule has 26 heavy (non-hydrogen) atoms. The molecule has 1 aliphatic rings. The number of guanidine groups is 1. The van der Waals surface area contributed by atoms with E-state index in [1.165, 1.54) is 4.31 Å². The SMILES string of the molecule is C=CCOc1ccccc1CNC(=NC)NCCN1CCCS1(=O)=O.I. The van der Waals surface area contributed by atoms with Gasteiger partial charge in [0.15, 0.2) is 5.96 Å². The maximum atomic E-state index is 11.8. The average molecular weight is 494 g/mol. The number of para-hydroxylation sites is 1. The third-order valence-electron chi connectivity index (χ3n) is 3.86. The maximum Gasteiger partial charge on any atom is 0.214 e. The van der Waals surface area contributed by atoms with E-state index in [1.807, 2.05) is 24.3 Å². The number of nitrogens with one attached hydrogen (secondary N) is 2. The molecule has 0 aliphatic carbocycles. The normalized spacial score (nSPS) is 16.6. The van der Waals surface area contributed by atoms with Crippen LogP contribution in [0, 0.1) is 0 Å². The van der Waals surface area contributed by atoms with Crippen molar-refractivity contribution in [1.29, 1.82) is 0 Å². The molecule has 1 aromatic carbocycles. The second-order valence-corrected chi connectivity index (χ2v) is 7.72. The Hall–Kier alpha value is -1.33. The summed E-state index contributed by atoms with van der Waals surface area (Å²) in [5, 5.41) is 6.36. The molecule has 7 nitrogen and oxygen atoms in total. The van der Waals surface area contributed by atoms with Crippen LogP contribution in [0.25, 0.3) is 0 Å². The van der Waals surface area contributed by atoms with Crippen molar-refractivity contribution in [2.24, 2.45) is 4.99 Å². The van der Waals surface area contributed by atoms with E-state index >= 15 is 0 Å². The fourth-order valence-electron chi connectivity index (χ4n) is 2.58. The van der Waals surface area contributed by atoms with Crippen molar-refractivity contribution >= 4 is 40.0 Å². The van der Waals surface area contributed by atoms with E-state index in [0.717, 1.165) is 11.3 Å². The summed E-state index contributed by atoms with van der Waals surface area (Å²) in [4.78, 5) is 4.16. The van der Waals surface area contributed by atoms with E-state index in [-0.39, 0.29) is 29.7 Å². The van der Waals surface area contributed by atoms with Gasteiger partial charge in [-0.25, -0.2) is 12.7 Å². The summed E-state index contributed by atoms with van der Waals surface area (Å²) < 4.78 is 30.7. The summed E-state index contributed by atoms with van der Waals surface area (Å²) in [6, 6.07) is 7.77. The number of ether oxygens (including phenoxy) is 1. The maximum absolute atomic E-state index is 11.8. The molecule has 0 atom stereocenters. The monoisotopic (exact) mass is 494 g/mol. The van der Waals surface area contributed by atoms with Crippen molar-refractivity contribution in [3.05, 3.63) is 42.5 Å². The fraction of sp³-hybridized carbons (Fsp3) is 0.471. The molecule has 0 bridgehead atoms. The van der Waals surface area contributed by atoms with Gasteiger partial charge < -0.3 is 15.4 Å². The molecule has 9 heteroatoms. The Labute approximate surface area is 173 Å². The van der Waals surface area contributed by atoms with Gasteiger partial charge in [-0.1, -0.05) is 30.9 Å². The molecule has 1 fully saturated rings. The Balaban J connectivity index is 0.00000338. The summed E-state index contributed by atoms with van der Waals surface area (Å²) in [6.45, 7) is 6.21. The lowest BCUT2D eigenvalue weighted by Gasteiger charge is -2.17. The van der Waals surface area contributed by atoms with Gasteiger partial charge in [-0.15, -0.1) is 24.0 Å². The Morgan fingerprint density at radius 1 is 1.38 bits per heavy atom. The Morgan fingerprint density at radius 2 is 2.15 bits per heavy atom. The van der Waals surface area contributed by atoms with Crippen LogP contribution in [0.1, 0.15) is 12.0 Å². The van der Waals surface area contributed by atoms with Crippen molar-refractivity contribution < 1.29 is 13.2 Å². The lowest BCUT2D eigenvalue weighted by atomic mass is 10.2.